The molecule has 0 radical (unpaired) electrons. The summed E-state index contributed by atoms with van der Waals surface area (Å²) in [6, 6.07) is 0. The van der Waals surface area contributed by atoms with Crippen LogP contribution in [0.5, 0.6) is 0 Å². The average Bonchev–Trinajstić information content (AvgIpc) is 2.90. The van der Waals surface area contributed by atoms with Crippen molar-refractivity contribution in [2.24, 2.45) is 5.11 Å². The van der Waals surface area contributed by atoms with E-state index in [0.717, 1.165) is 4.90 Å². The first kappa shape index (κ1) is 21.6. The van der Waals surface area contributed by atoms with Crippen molar-refractivity contribution in [1.29, 1.82) is 0 Å². The number of nitrogens with one attached hydrogen (secondary N) is 1. The number of nitrogens with zero attached hydrogens (tertiary/aromatic N) is 4. The van der Waals surface area contributed by atoms with E-state index in [1.54, 1.807) is 0 Å². The van der Waals surface area contributed by atoms with Gasteiger partial charge in [-0.25, -0.2) is 0 Å². The Hall–Kier alpha value is -2.42. The molecule has 1 aliphatic heterocycles. The second-order valence-corrected chi connectivity index (χ2v) is 6.23. The average molecular weight is 367 g/mol. The maximum absolute atomic E-state index is 11.7. The number of hydrogen-bond acceptors (Lipinski definition) is 6. The lowest BCUT2D eigenvalue weighted by atomic mass is 10.1. The van der Waals surface area contributed by atoms with Gasteiger partial charge < -0.3 is 14.8 Å². The van der Waals surface area contributed by atoms with Gasteiger partial charge in [0.05, 0.1) is 25.4 Å². The molecule has 1 N–H and O–H groups in total. The molecule has 26 heavy (non-hydrogen) atoms. The maximum atomic E-state index is 11.7. The summed E-state index contributed by atoms with van der Waals surface area (Å²) in [7, 11) is 0. The lowest BCUT2D eigenvalue weighted by molar-refractivity contribution is -0.137. The molecule has 3 amide bonds. The van der Waals surface area contributed by atoms with Crippen molar-refractivity contribution < 1.29 is 23.9 Å². The van der Waals surface area contributed by atoms with Gasteiger partial charge in [0.25, 0.3) is 11.8 Å². The lowest BCUT2D eigenvalue weighted by Gasteiger charge is -2.24. The van der Waals surface area contributed by atoms with E-state index in [-0.39, 0.29) is 37.2 Å². The molecule has 10 heteroatoms. The third-order valence-electron chi connectivity index (χ3n) is 3.45. The summed E-state index contributed by atoms with van der Waals surface area (Å²) in [5.41, 5.74) is 7.67. The summed E-state index contributed by atoms with van der Waals surface area (Å²) in [5.74, 6) is -0.841. The molecule has 0 fully saturated rings. The van der Waals surface area contributed by atoms with E-state index in [4.69, 9.17) is 15.0 Å². The van der Waals surface area contributed by atoms with E-state index in [2.05, 4.69) is 15.3 Å². The summed E-state index contributed by atoms with van der Waals surface area (Å²) in [6.07, 6.45) is 3.09. The Morgan fingerprint density at radius 1 is 1.31 bits per heavy atom. The fraction of sp³-hybridized carbons (Fsp3) is 0.688. The molecule has 1 rings (SSSR count). The van der Waals surface area contributed by atoms with Gasteiger partial charge in [0.15, 0.2) is 0 Å². The predicted molar refractivity (Wildman–Crippen MR) is 93.0 cm³/mol. The summed E-state index contributed by atoms with van der Waals surface area (Å²) in [4.78, 5) is 38.2. The molecule has 1 aliphatic rings. The minimum Gasteiger partial charge on any atom is -0.377 e. The Morgan fingerprint density at radius 3 is 2.65 bits per heavy atom. The van der Waals surface area contributed by atoms with Crippen LogP contribution in [0.25, 0.3) is 10.4 Å². The minimum absolute atomic E-state index is 0.162. The number of amides is 3. The number of carbonyl (C=O) groups is 3. The first-order valence-electron chi connectivity index (χ1n) is 8.38. The van der Waals surface area contributed by atoms with Crippen LogP contribution < -0.4 is 5.32 Å². The van der Waals surface area contributed by atoms with Gasteiger partial charge in [-0.3, -0.25) is 19.3 Å². The normalized spacial score (nSPS) is 13.8. The third-order valence-corrected chi connectivity index (χ3v) is 3.45. The van der Waals surface area contributed by atoms with E-state index >= 15 is 0 Å². The van der Waals surface area contributed by atoms with Crippen molar-refractivity contribution in [2.45, 2.75) is 32.3 Å². The molecule has 0 unspecified atom stereocenters. The van der Waals surface area contributed by atoms with Gasteiger partial charge in [0.1, 0.15) is 0 Å². The Bertz CT molecular complexity index is 566. The molecule has 0 saturated heterocycles. The zero-order valence-corrected chi connectivity index (χ0v) is 15.1. The second-order valence-electron chi connectivity index (χ2n) is 6.23. The van der Waals surface area contributed by atoms with Gasteiger partial charge in [0.2, 0.25) is 5.91 Å². The highest BCUT2D eigenvalue weighted by atomic mass is 16.5. The highest BCUT2D eigenvalue weighted by Crippen LogP contribution is 2.09. The Balaban J connectivity index is 2.04. The zero-order chi connectivity index (χ0) is 19.4. The van der Waals surface area contributed by atoms with E-state index in [1.807, 2.05) is 13.8 Å². The zero-order valence-electron chi connectivity index (χ0n) is 15.1. The Morgan fingerprint density at radius 2 is 2.00 bits per heavy atom. The molecule has 0 spiro atoms. The number of imide groups is 1. The van der Waals surface area contributed by atoms with Crippen LogP contribution in [0.2, 0.25) is 0 Å². The molecule has 0 aromatic carbocycles. The van der Waals surface area contributed by atoms with Gasteiger partial charge in [-0.15, -0.1) is 0 Å². The van der Waals surface area contributed by atoms with Gasteiger partial charge >= 0.3 is 0 Å². The molecule has 0 saturated carbocycles. The Kier molecular flexibility index (Phi) is 9.35. The number of azide groups is 1. The summed E-state index contributed by atoms with van der Waals surface area (Å²) < 4.78 is 11.0. The molecule has 1 heterocycles. The topological polar surface area (TPSA) is 134 Å². The third kappa shape index (κ3) is 8.61. The van der Waals surface area contributed by atoms with Gasteiger partial charge in [0, 0.05) is 43.1 Å². The van der Waals surface area contributed by atoms with Crippen molar-refractivity contribution in [2.75, 3.05) is 39.5 Å². The maximum Gasteiger partial charge on any atom is 0.253 e. The van der Waals surface area contributed by atoms with E-state index < -0.39 is 5.60 Å². The molecule has 144 valence electrons. The highest BCUT2D eigenvalue weighted by Gasteiger charge is 2.22. The van der Waals surface area contributed by atoms with Crippen LogP contribution >= 0.6 is 0 Å². The molecule has 0 aliphatic carbocycles. The van der Waals surface area contributed by atoms with Gasteiger partial charge in [-0.2, -0.15) is 0 Å². The molecule has 0 aromatic heterocycles. The van der Waals surface area contributed by atoms with E-state index in [0.29, 0.717) is 32.8 Å². The summed E-state index contributed by atoms with van der Waals surface area (Å²) >= 11 is 0. The van der Waals surface area contributed by atoms with Crippen molar-refractivity contribution in [1.82, 2.24) is 10.2 Å². The van der Waals surface area contributed by atoms with Crippen LogP contribution in [-0.2, 0) is 23.9 Å². The van der Waals surface area contributed by atoms with Crippen LogP contribution in [0.1, 0.15) is 26.7 Å². The van der Waals surface area contributed by atoms with Gasteiger partial charge in [-0.05, 0) is 25.8 Å². The molecule has 0 atom stereocenters. The fourth-order valence-corrected chi connectivity index (χ4v) is 2.17. The summed E-state index contributed by atoms with van der Waals surface area (Å²) in [6.45, 7) is 5.56. The molecular formula is C16H25N5O5. The first-order chi connectivity index (χ1) is 12.4. The highest BCUT2D eigenvalue weighted by molar-refractivity contribution is 6.12. The minimum atomic E-state index is -0.516. The van der Waals surface area contributed by atoms with Crippen molar-refractivity contribution in [3.63, 3.8) is 0 Å². The monoisotopic (exact) mass is 367 g/mol. The van der Waals surface area contributed by atoms with Crippen LogP contribution in [0, 0.1) is 0 Å². The smallest absolute Gasteiger partial charge is 0.253 e. The van der Waals surface area contributed by atoms with Crippen molar-refractivity contribution in [3.8, 4) is 0 Å². The van der Waals surface area contributed by atoms with Crippen LogP contribution in [0.15, 0.2) is 17.3 Å². The predicted octanol–water partition coefficient (Wildman–Crippen LogP) is 0.930. The van der Waals surface area contributed by atoms with Gasteiger partial charge in [-0.1, -0.05) is 5.11 Å². The number of carbonyl (C=O) groups excluding carboxylic acids is 3. The largest absolute Gasteiger partial charge is 0.377 e. The van der Waals surface area contributed by atoms with Crippen molar-refractivity contribution >= 4 is 17.7 Å². The standard InChI is InChI=1S/C16H25N5O5/c1-16(2,26-11-8-19-20-17)12-25-10-7-18-13(22)4-3-9-21-14(23)5-6-15(21)24/h5-6H,3-4,7-12H2,1-2H3,(H,18,22). The molecule has 0 bridgehead atoms. The van der Waals surface area contributed by atoms with Crippen LogP contribution in [0.4, 0.5) is 0 Å². The quantitative estimate of drug-likeness (QED) is 0.170. The number of rotatable bonds is 13. The molecule has 10 nitrogen and oxygen atoms in total. The van der Waals surface area contributed by atoms with Crippen LogP contribution in [-0.4, -0.2) is 67.7 Å². The SMILES string of the molecule is CC(C)(COCCNC(=O)CCCN1C(=O)C=CC1=O)OCCN=[N+]=[N-]. The number of hydrogen-bond donors (Lipinski definition) is 1. The number of ether oxygens (including phenoxy) is 2. The molecular weight excluding hydrogens is 342 g/mol. The molecule has 0 aromatic rings. The Labute approximate surface area is 152 Å². The lowest BCUT2D eigenvalue weighted by Crippen LogP contribution is -2.34. The van der Waals surface area contributed by atoms with E-state index in [9.17, 15) is 14.4 Å². The summed E-state index contributed by atoms with van der Waals surface area (Å²) in [5, 5.41) is 6.10. The first-order valence-corrected chi connectivity index (χ1v) is 8.38. The second kappa shape index (κ2) is 11.2. The van der Waals surface area contributed by atoms with E-state index in [1.165, 1.54) is 12.2 Å². The van der Waals surface area contributed by atoms with Crippen molar-refractivity contribution in [3.05, 3.63) is 22.6 Å². The van der Waals surface area contributed by atoms with Crippen LogP contribution in [0.3, 0.4) is 0 Å². The fourth-order valence-electron chi connectivity index (χ4n) is 2.17.